The molecule has 6 heteroatoms. The first-order valence-electron chi connectivity index (χ1n) is 6.72. The number of hydrogen-bond acceptors (Lipinski definition) is 5. The molecule has 2 saturated heterocycles. The minimum Gasteiger partial charge on any atom is -0.379 e. The van der Waals surface area contributed by atoms with Gasteiger partial charge in [-0.25, -0.2) is 0 Å². The van der Waals surface area contributed by atoms with E-state index in [2.05, 4.69) is 10.1 Å². The molecule has 0 radical (unpaired) electrons. The second-order valence-corrected chi connectivity index (χ2v) is 4.92. The number of carbonyl (C=O) groups excluding carboxylic acids is 1. The first-order chi connectivity index (χ1) is 8.81. The lowest BCUT2D eigenvalue weighted by Gasteiger charge is -2.31. The lowest BCUT2D eigenvalue weighted by Crippen LogP contribution is -2.48. The lowest BCUT2D eigenvalue weighted by molar-refractivity contribution is -0.134. The maximum absolute atomic E-state index is 12.2. The average Bonchev–Trinajstić information content (AvgIpc) is 2.46. The molecule has 2 aliphatic heterocycles. The second-order valence-electron chi connectivity index (χ2n) is 4.92. The van der Waals surface area contributed by atoms with Crippen LogP contribution in [-0.4, -0.2) is 67.7 Å². The summed E-state index contributed by atoms with van der Waals surface area (Å²) in [7, 11) is 0. The van der Waals surface area contributed by atoms with Crippen molar-refractivity contribution in [3.8, 4) is 0 Å². The van der Waals surface area contributed by atoms with E-state index in [9.17, 15) is 9.70 Å². The van der Waals surface area contributed by atoms with Crippen molar-refractivity contribution in [1.82, 2.24) is 9.80 Å². The van der Waals surface area contributed by atoms with Crippen molar-refractivity contribution in [3.63, 3.8) is 0 Å². The third-order valence-electron chi connectivity index (χ3n) is 3.61. The Bertz CT molecular complexity index is 286. The molecule has 0 N–H and O–H groups in total. The Balaban J connectivity index is 1.86. The first kappa shape index (κ1) is 13.4. The van der Waals surface area contributed by atoms with Crippen molar-refractivity contribution in [2.24, 2.45) is 5.18 Å². The van der Waals surface area contributed by atoms with Crippen molar-refractivity contribution in [2.45, 2.75) is 25.3 Å². The van der Waals surface area contributed by atoms with E-state index < -0.39 is 6.04 Å². The summed E-state index contributed by atoms with van der Waals surface area (Å²) in [5, 5.41) is 3.03. The predicted octanol–water partition coefficient (Wildman–Crippen LogP) is 0.466. The number of rotatable bonds is 4. The Labute approximate surface area is 107 Å². The first-order valence-corrected chi connectivity index (χ1v) is 6.72. The highest BCUT2D eigenvalue weighted by Gasteiger charge is 2.28. The van der Waals surface area contributed by atoms with Crippen LogP contribution < -0.4 is 0 Å². The summed E-state index contributed by atoms with van der Waals surface area (Å²) in [4.78, 5) is 27.0. The molecule has 6 nitrogen and oxygen atoms in total. The quantitative estimate of drug-likeness (QED) is 0.685. The molecule has 0 aliphatic carbocycles. The van der Waals surface area contributed by atoms with Crippen molar-refractivity contribution in [3.05, 3.63) is 4.91 Å². The number of piperidine rings is 1. The number of morpholine rings is 1. The zero-order valence-electron chi connectivity index (χ0n) is 10.7. The molecule has 1 unspecified atom stereocenters. The van der Waals surface area contributed by atoms with Gasteiger partial charge in [0.2, 0.25) is 0 Å². The van der Waals surface area contributed by atoms with E-state index in [1.165, 1.54) is 6.42 Å². The normalized spacial score (nSPS) is 23.7. The highest BCUT2D eigenvalue weighted by molar-refractivity contribution is 5.82. The van der Waals surface area contributed by atoms with Gasteiger partial charge in [-0.3, -0.25) is 9.69 Å². The van der Waals surface area contributed by atoms with Crippen LogP contribution in [0, 0.1) is 4.91 Å². The summed E-state index contributed by atoms with van der Waals surface area (Å²) in [5.74, 6) is -0.101. The molecule has 0 aromatic carbocycles. The summed E-state index contributed by atoms with van der Waals surface area (Å²) in [5.41, 5.74) is 0. The fraction of sp³-hybridized carbons (Fsp3) is 0.917. The van der Waals surface area contributed by atoms with Gasteiger partial charge >= 0.3 is 0 Å². The molecule has 2 rings (SSSR count). The molecule has 18 heavy (non-hydrogen) atoms. The smallest absolute Gasteiger partial charge is 0.252 e. The molecule has 2 fully saturated rings. The van der Waals surface area contributed by atoms with Gasteiger partial charge in [-0.05, 0) is 19.3 Å². The number of amides is 1. The molecule has 0 spiro atoms. The molecular formula is C12H21N3O3. The molecule has 0 aromatic heterocycles. The van der Waals surface area contributed by atoms with Crippen molar-refractivity contribution in [2.75, 3.05) is 45.9 Å². The number of likely N-dealkylation sites (tertiary alicyclic amines) is 1. The van der Waals surface area contributed by atoms with E-state index in [1.54, 1.807) is 4.90 Å². The van der Waals surface area contributed by atoms with Crippen LogP contribution in [0.2, 0.25) is 0 Å². The zero-order chi connectivity index (χ0) is 12.8. The van der Waals surface area contributed by atoms with E-state index in [4.69, 9.17) is 4.74 Å². The number of nitrogens with zero attached hydrogens (tertiary/aromatic N) is 3. The highest BCUT2D eigenvalue weighted by Crippen LogP contribution is 2.12. The van der Waals surface area contributed by atoms with Gasteiger partial charge in [0, 0.05) is 32.7 Å². The lowest BCUT2D eigenvalue weighted by atomic mass is 10.1. The maximum atomic E-state index is 12.2. The van der Waals surface area contributed by atoms with Gasteiger partial charge in [0.1, 0.15) is 0 Å². The van der Waals surface area contributed by atoms with E-state index in [1.807, 2.05) is 0 Å². The molecular weight excluding hydrogens is 234 g/mol. The molecule has 2 heterocycles. The Morgan fingerprint density at radius 1 is 1.11 bits per heavy atom. The highest BCUT2D eigenvalue weighted by atomic mass is 16.5. The summed E-state index contributed by atoms with van der Waals surface area (Å²) in [6, 6.07) is -0.749. The van der Waals surface area contributed by atoms with Gasteiger partial charge in [-0.15, -0.1) is 4.91 Å². The Hall–Kier alpha value is -1.01. The molecule has 102 valence electrons. The number of ether oxygens (including phenoxy) is 1. The van der Waals surface area contributed by atoms with Gasteiger partial charge in [0.15, 0.2) is 6.04 Å². The Morgan fingerprint density at radius 2 is 1.78 bits per heavy atom. The zero-order valence-corrected chi connectivity index (χ0v) is 10.7. The molecule has 1 amide bonds. The molecule has 0 saturated carbocycles. The summed E-state index contributed by atoms with van der Waals surface area (Å²) < 4.78 is 5.25. The molecule has 0 bridgehead atoms. The van der Waals surface area contributed by atoms with E-state index >= 15 is 0 Å². The molecule has 2 aliphatic rings. The van der Waals surface area contributed by atoms with Crippen molar-refractivity contribution < 1.29 is 9.53 Å². The average molecular weight is 255 g/mol. The van der Waals surface area contributed by atoms with E-state index in [0.717, 1.165) is 39.0 Å². The minimum atomic E-state index is -0.749. The maximum Gasteiger partial charge on any atom is 0.252 e. The van der Waals surface area contributed by atoms with Gasteiger partial charge in [0.25, 0.3) is 5.91 Å². The number of carbonyl (C=O) groups is 1. The summed E-state index contributed by atoms with van der Waals surface area (Å²) >= 11 is 0. The minimum absolute atomic E-state index is 0.101. The third-order valence-corrected chi connectivity index (χ3v) is 3.61. The molecule has 0 aromatic rings. The Kier molecular flexibility index (Phi) is 5.07. The molecule has 1 atom stereocenters. The number of hydrogen-bond donors (Lipinski definition) is 0. The van der Waals surface area contributed by atoms with Crippen LogP contribution in [0.4, 0.5) is 0 Å². The second kappa shape index (κ2) is 6.80. The van der Waals surface area contributed by atoms with Crippen molar-refractivity contribution in [1.29, 1.82) is 0 Å². The van der Waals surface area contributed by atoms with Crippen molar-refractivity contribution >= 4 is 5.91 Å². The van der Waals surface area contributed by atoms with E-state index in [-0.39, 0.29) is 5.91 Å². The third kappa shape index (κ3) is 3.49. The van der Waals surface area contributed by atoms with Gasteiger partial charge in [-0.2, -0.15) is 0 Å². The van der Waals surface area contributed by atoms with E-state index in [0.29, 0.717) is 19.8 Å². The SMILES string of the molecule is O=NC(CN1CCOCC1)C(=O)N1CCCCC1. The standard InChI is InChI=1S/C12H21N3O3/c16-12(15-4-2-1-3-5-15)11(13-17)10-14-6-8-18-9-7-14/h11H,1-10H2. The van der Waals surface area contributed by atoms with Crippen LogP contribution in [0.3, 0.4) is 0 Å². The fourth-order valence-electron chi connectivity index (χ4n) is 2.51. The van der Waals surface area contributed by atoms with Crippen LogP contribution in [0.1, 0.15) is 19.3 Å². The van der Waals surface area contributed by atoms with Crippen LogP contribution in [0.25, 0.3) is 0 Å². The monoisotopic (exact) mass is 255 g/mol. The fourth-order valence-corrected chi connectivity index (χ4v) is 2.51. The van der Waals surface area contributed by atoms with Gasteiger partial charge < -0.3 is 9.64 Å². The predicted molar refractivity (Wildman–Crippen MR) is 67.3 cm³/mol. The largest absolute Gasteiger partial charge is 0.379 e. The van der Waals surface area contributed by atoms with Gasteiger partial charge in [-0.1, -0.05) is 5.18 Å². The summed E-state index contributed by atoms with van der Waals surface area (Å²) in [6.07, 6.45) is 3.25. The number of nitroso groups, excluding NO2 is 1. The van der Waals surface area contributed by atoms with Crippen LogP contribution in [-0.2, 0) is 9.53 Å². The van der Waals surface area contributed by atoms with Crippen LogP contribution >= 0.6 is 0 Å². The summed E-state index contributed by atoms with van der Waals surface area (Å²) in [6.45, 7) is 4.87. The van der Waals surface area contributed by atoms with Crippen LogP contribution in [0.15, 0.2) is 5.18 Å². The topological polar surface area (TPSA) is 62.2 Å². The van der Waals surface area contributed by atoms with Gasteiger partial charge in [0.05, 0.1) is 13.2 Å². The Morgan fingerprint density at radius 3 is 2.39 bits per heavy atom. The van der Waals surface area contributed by atoms with Crippen LogP contribution in [0.5, 0.6) is 0 Å².